The maximum Gasteiger partial charge on any atom is 0.416 e. The zero-order valence-electron chi connectivity index (χ0n) is 13.8. The molecule has 0 fully saturated rings. The summed E-state index contributed by atoms with van der Waals surface area (Å²) in [7, 11) is 0. The second-order valence-corrected chi connectivity index (χ2v) is 5.57. The van der Waals surface area contributed by atoms with E-state index in [1.807, 2.05) is 0 Å². The molecule has 1 amide bonds. The summed E-state index contributed by atoms with van der Waals surface area (Å²) >= 11 is 0. The van der Waals surface area contributed by atoms with E-state index in [1.165, 1.54) is 24.3 Å². The molecule has 2 N–H and O–H groups in total. The summed E-state index contributed by atoms with van der Waals surface area (Å²) in [5, 5.41) is 16.2. The molecule has 0 aliphatic carbocycles. The highest BCUT2D eigenvalue weighted by atomic mass is 19.4. The van der Waals surface area contributed by atoms with Crippen molar-refractivity contribution in [1.29, 1.82) is 0 Å². The normalized spacial score (nSPS) is 11.1. The van der Waals surface area contributed by atoms with Gasteiger partial charge in [-0.05, 0) is 29.8 Å². The highest BCUT2D eigenvalue weighted by molar-refractivity contribution is 5.78. The number of anilines is 1. The maximum atomic E-state index is 12.8. The van der Waals surface area contributed by atoms with Gasteiger partial charge in [0.2, 0.25) is 5.91 Å². The van der Waals surface area contributed by atoms with Gasteiger partial charge in [-0.3, -0.25) is 14.9 Å². The maximum absolute atomic E-state index is 12.8. The number of hydrogen-bond acceptors (Lipinski definition) is 4. The molecule has 10 heteroatoms. The van der Waals surface area contributed by atoms with Crippen LogP contribution >= 0.6 is 0 Å². The van der Waals surface area contributed by atoms with Crippen molar-refractivity contribution in [2.24, 2.45) is 0 Å². The van der Waals surface area contributed by atoms with Crippen molar-refractivity contribution in [1.82, 2.24) is 5.32 Å². The lowest BCUT2D eigenvalue weighted by atomic mass is 10.1. The molecule has 0 aromatic heterocycles. The number of rotatable bonds is 7. The van der Waals surface area contributed by atoms with Crippen molar-refractivity contribution in [3.63, 3.8) is 0 Å². The number of nitro benzene ring substituents is 1. The van der Waals surface area contributed by atoms with E-state index in [1.54, 1.807) is 0 Å². The Morgan fingerprint density at radius 2 is 1.74 bits per heavy atom. The van der Waals surface area contributed by atoms with Crippen LogP contribution in [0.2, 0.25) is 0 Å². The van der Waals surface area contributed by atoms with Gasteiger partial charge in [0.15, 0.2) is 0 Å². The first-order valence-electron chi connectivity index (χ1n) is 7.77. The van der Waals surface area contributed by atoms with E-state index in [-0.39, 0.29) is 31.1 Å². The number of alkyl halides is 3. The van der Waals surface area contributed by atoms with Crippen LogP contribution in [0.3, 0.4) is 0 Å². The molecule has 2 aromatic carbocycles. The van der Waals surface area contributed by atoms with Gasteiger partial charge < -0.3 is 10.6 Å². The SMILES string of the molecule is O=C(Cc1ccc(F)cc1)NCCNc1ccc(C(F)(F)F)cc1[N+](=O)[O-]. The van der Waals surface area contributed by atoms with Crippen molar-refractivity contribution in [3.05, 3.63) is 69.5 Å². The average Bonchev–Trinajstić information content (AvgIpc) is 2.59. The minimum Gasteiger partial charge on any atom is -0.378 e. The van der Waals surface area contributed by atoms with Crippen molar-refractivity contribution in [3.8, 4) is 0 Å². The predicted molar refractivity (Wildman–Crippen MR) is 89.7 cm³/mol. The Bertz CT molecular complexity index is 823. The molecule has 0 aliphatic heterocycles. The number of nitrogens with zero attached hydrogens (tertiary/aromatic N) is 1. The molecule has 0 spiro atoms. The molecule has 144 valence electrons. The van der Waals surface area contributed by atoms with Gasteiger partial charge in [-0.15, -0.1) is 0 Å². The zero-order chi connectivity index (χ0) is 20.0. The fourth-order valence-electron chi connectivity index (χ4n) is 2.26. The molecule has 0 radical (unpaired) electrons. The molecule has 0 heterocycles. The molecule has 6 nitrogen and oxygen atoms in total. The summed E-state index contributed by atoms with van der Waals surface area (Å²) < 4.78 is 50.7. The van der Waals surface area contributed by atoms with Gasteiger partial charge in [0.1, 0.15) is 11.5 Å². The van der Waals surface area contributed by atoms with Crippen LogP contribution in [0.4, 0.5) is 28.9 Å². The van der Waals surface area contributed by atoms with Crippen LogP contribution in [0.15, 0.2) is 42.5 Å². The van der Waals surface area contributed by atoms with Crippen LogP contribution in [0.25, 0.3) is 0 Å². The van der Waals surface area contributed by atoms with Gasteiger partial charge in [-0.1, -0.05) is 12.1 Å². The second-order valence-electron chi connectivity index (χ2n) is 5.57. The summed E-state index contributed by atoms with van der Waals surface area (Å²) in [6.07, 6.45) is -4.65. The monoisotopic (exact) mass is 385 g/mol. The number of benzene rings is 2. The van der Waals surface area contributed by atoms with E-state index in [0.717, 1.165) is 12.1 Å². The van der Waals surface area contributed by atoms with Crippen LogP contribution in [0, 0.1) is 15.9 Å². The summed E-state index contributed by atoms with van der Waals surface area (Å²) in [4.78, 5) is 21.8. The Kier molecular flexibility index (Phi) is 6.32. The van der Waals surface area contributed by atoms with Gasteiger partial charge in [0.05, 0.1) is 16.9 Å². The molecule has 2 rings (SSSR count). The predicted octanol–water partition coefficient (Wildman–Crippen LogP) is 3.52. The number of carbonyl (C=O) groups is 1. The largest absolute Gasteiger partial charge is 0.416 e. The van der Waals surface area contributed by atoms with Crippen molar-refractivity contribution in [2.75, 3.05) is 18.4 Å². The van der Waals surface area contributed by atoms with Gasteiger partial charge in [0, 0.05) is 19.2 Å². The molecule has 0 saturated heterocycles. The van der Waals surface area contributed by atoms with Crippen LogP contribution < -0.4 is 10.6 Å². The van der Waals surface area contributed by atoms with Crippen molar-refractivity contribution < 1.29 is 27.3 Å². The molecule has 27 heavy (non-hydrogen) atoms. The van der Waals surface area contributed by atoms with E-state index < -0.39 is 28.2 Å². The summed E-state index contributed by atoms with van der Waals surface area (Å²) in [5.41, 5.74) is -1.30. The number of amides is 1. The first-order chi connectivity index (χ1) is 12.7. The van der Waals surface area contributed by atoms with E-state index in [0.29, 0.717) is 11.6 Å². The van der Waals surface area contributed by atoms with Crippen LogP contribution in [-0.2, 0) is 17.4 Å². The standard InChI is InChI=1S/C17H15F4N3O3/c18-13-4-1-11(2-5-13)9-16(25)23-8-7-22-14-6-3-12(17(19,20)21)10-15(14)24(26)27/h1-6,10,22H,7-9H2,(H,23,25). The van der Waals surface area contributed by atoms with Crippen molar-refractivity contribution >= 4 is 17.3 Å². The van der Waals surface area contributed by atoms with Crippen molar-refractivity contribution in [2.45, 2.75) is 12.6 Å². The Morgan fingerprint density at radius 1 is 1.07 bits per heavy atom. The lowest BCUT2D eigenvalue weighted by Gasteiger charge is -2.11. The minimum absolute atomic E-state index is 0.0285. The molecular formula is C17H15F4N3O3. The zero-order valence-corrected chi connectivity index (χ0v) is 13.8. The number of nitro groups is 1. The summed E-state index contributed by atoms with van der Waals surface area (Å²) in [6, 6.07) is 7.57. The van der Waals surface area contributed by atoms with E-state index in [9.17, 15) is 32.5 Å². The number of halogens is 4. The lowest BCUT2D eigenvalue weighted by Crippen LogP contribution is -2.30. The molecular weight excluding hydrogens is 370 g/mol. The van der Waals surface area contributed by atoms with E-state index in [2.05, 4.69) is 10.6 Å². The number of carbonyl (C=O) groups excluding carboxylic acids is 1. The summed E-state index contributed by atoms with van der Waals surface area (Å²) in [6.45, 7) is 0.166. The highest BCUT2D eigenvalue weighted by Gasteiger charge is 2.32. The van der Waals surface area contributed by atoms with Crippen LogP contribution in [0.5, 0.6) is 0 Å². The summed E-state index contributed by atoms with van der Waals surface area (Å²) in [5.74, 6) is -0.758. The fourth-order valence-corrected chi connectivity index (χ4v) is 2.26. The van der Waals surface area contributed by atoms with Gasteiger partial charge in [-0.2, -0.15) is 13.2 Å². The Balaban J connectivity index is 1.88. The average molecular weight is 385 g/mol. The fraction of sp³-hybridized carbons (Fsp3) is 0.235. The molecule has 0 bridgehead atoms. The molecule has 0 saturated carbocycles. The number of hydrogen-bond donors (Lipinski definition) is 2. The van der Waals surface area contributed by atoms with Crippen LogP contribution in [0.1, 0.15) is 11.1 Å². The lowest BCUT2D eigenvalue weighted by molar-refractivity contribution is -0.384. The first-order valence-corrected chi connectivity index (χ1v) is 7.77. The first kappa shape index (κ1) is 20.1. The minimum atomic E-state index is -4.68. The Morgan fingerprint density at radius 3 is 2.33 bits per heavy atom. The van der Waals surface area contributed by atoms with Gasteiger partial charge in [0.25, 0.3) is 5.69 Å². The third kappa shape index (κ3) is 5.94. The topological polar surface area (TPSA) is 84.3 Å². The van der Waals surface area contributed by atoms with E-state index in [4.69, 9.17) is 0 Å². The highest BCUT2D eigenvalue weighted by Crippen LogP contribution is 2.34. The molecule has 0 atom stereocenters. The number of nitrogens with one attached hydrogen (secondary N) is 2. The second kappa shape index (κ2) is 8.47. The van der Waals surface area contributed by atoms with Gasteiger partial charge in [-0.25, -0.2) is 4.39 Å². The molecule has 0 aliphatic rings. The third-order valence-electron chi connectivity index (χ3n) is 3.56. The van der Waals surface area contributed by atoms with Crippen LogP contribution in [-0.4, -0.2) is 23.9 Å². The molecule has 0 unspecified atom stereocenters. The third-order valence-corrected chi connectivity index (χ3v) is 3.56. The quantitative estimate of drug-likeness (QED) is 0.331. The Hall–Kier alpha value is -3.17. The van der Waals surface area contributed by atoms with Gasteiger partial charge >= 0.3 is 6.18 Å². The molecule has 2 aromatic rings. The smallest absolute Gasteiger partial charge is 0.378 e. The van der Waals surface area contributed by atoms with E-state index >= 15 is 0 Å². The Labute approximate surface area is 151 Å².